The monoisotopic (exact) mass is 349 g/mol. The van der Waals surface area contributed by atoms with Crippen molar-refractivity contribution in [3.63, 3.8) is 0 Å². The highest BCUT2D eigenvalue weighted by Gasteiger charge is 2.01. The summed E-state index contributed by atoms with van der Waals surface area (Å²) in [5.41, 5.74) is 2.25. The van der Waals surface area contributed by atoms with E-state index in [2.05, 4.69) is 40.4 Å². The van der Waals surface area contributed by atoms with Crippen molar-refractivity contribution in [2.75, 3.05) is 18.5 Å². The lowest BCUT2D eigenvalue weighted by Crippen LogP contribution is -2.04. The zero-order valence-corrected chi connectivity index (χ0v) is 15.4. The number of benzene rings is 2. The van der Waals surface area contributed by atoms with E-state index in [0.29, 0.717) is 0 Å². The number of hydrogen-bond donors (Lipinski definition) is 1. The molecule has 0 atom stereocenters. The molecule has 1 aromatic heterocycles. The second-order valence-corrected chi connectivity index (χ2v) is 6.60. The molecule has 0 radical (unpaired) electrons. The van der Waals surface area contributed by atoms with Crippen molar-refractivity contribution in [3.05, 3.63) is 60.4 Å². The maximum Gasteiger partial charge on any atom is 0.137 e. The summed E-state index contributed by atoms with van der Waals surface area (Å²) in [7, 11) is 0. The van der Waals surface area contributed by atoms with E-state index < -0.39 is 0 Å². The molecule has 0 unspecified atom stereocenters. The minimum absolute atomic E-state index is 0.800. The van der Waals surface area contributed by atoms with Crippen LogP contribution in [0.1, 0.15) is 37.7 Å². The van der Waals surface area contributed by atoms with Crippen LogP contribution in [-0.2, 0) is 0 Å². The van der Waals surface area contributed by atoms with E-state index in [1.54, 1.807) is 6.33 Å². The maximum atomic E-state index is 5.76. The molecule has 0 saturated heterocycles. The van der Waals surface area contributed by atoms with Crippen LogP contribution in [0.15, 0.2) is 54.9 Å². The van der Waals surface area contributed by atoms with Crippen LogP contribution >= 0.6 is 0 Å². The van der Waals surface area contributed by atoms with Gasteiger partial charge in [-0.1, -0.05) is 49.1 Å². The summed E-state index contributed by atoms with van der Waals surface area (Å²) in [6, 6.07) is 16.4. The lowest BCUT2D eigenvalue weighted by Gasteiger charge is -2.08. The first-order chi connectivity index (χ1) is 12.8. The van der Waals surface area contributed by atoms with E-state index in [1.165, 1.54) is 24.8 Å². The molecule has 0 aliphatic rings. The SMILES string of the molecule is Cc1ccc(OCCCCCCCNc2ncnc3ccccc23)cc1. The Balaban J connectivity index is 1.26. The molecule has 1 heterocycles. The van der Waals surface area contributed by atoms with Gasteiger partial charge in [0, 0.05) is 11.9 Å². The average Bonchev–Trinajstić information content (AvgIpc) is 2.68. The Kier molecular flexibility index (Phi) is 6.82. The van der Waals surface area contributed by atoms with Gasteiger partial charge in [-0.3, -0.25) is 0 Å². The number of unbranched alkanes of at least 4 members (excludes halogenated alkanes) is 4. The van der Waals surface area contributed by atoms with Gasteiger partial charge in [-0.15, -0.1) is 0 Å². The maximum absolute atomic E-state index is 5.76. The third kappa shape index (κ3) is 5.45. The van der Waals surface area contributed by atoms with E-state index in [-0.39, 0.29) is 0 Å². The highest BCUT2D eigenvalue weighted by molar-refractivity contribution is 5.88. The summed E-state index contributed by atoms with van der Waals surface area (Å²) in [6.45, 7) is 3.83. The molecular weight excluding hydrogens is 322 g/mol. The Morgan fingerprint density at radius 2 is 1.62 bits per heavy atom. The van der Waals surface area contributed by atoms with E-state index >= 15 is 0 Å². The van der Waals surface area contributed by atoms with Crippen LogP contribution < -0.4 is 10.1 Å². The third-order valence-corrected chi connectivity index (χ3v) is 4.45. The number of hydrogen-bond acceptors (Lipinski definition) is 4. The minimum Gasteiger partial charge on any atom is -0.494 e. The smallest absolute Gasteiger partial charge is 0.137 e. The van der Waals surface area contributed by atoms with Gasteiger partial charge >= 0.3 is 0 Å². The van der Waals surface area contributed by atoms with Crippen molar-refractivity contribution < 1.29 is 4.74 Å². The van der Waals surface area contributed by atoms with Crippen molar-refractivity contribution >= 4 is 16.7 Å². The van der Waals surface area contributed by atoms with E-state index in [1.807, 2.05) is 30.3 Å². The third-order valence-electron chi connectivity index (χ3n) is 4.45. The molecule has 0 aliphatic heterocycles. The summed E-state index contributed by atoms with van der Waals surface area (Å²) in [4.78, 5) is 8.65. The van der Waals surface area contributed by atoms with Gasteiger partial charge in [0.1, 0.15) is 17.9 Å². The molecule has 4 nitrogen and oxygen atoms in total. The topological polar surface area (TPSA) is 47.0 Å². The van der Waals surface area contributed by atoms with Crippen LogP contribution in [0.25, 0.3) is 10.9 Å². The van der Waals surface area contributed by atoms with Crippen LogP contribution in [-0.4, -0.2) is 23.1 Å². The number of nitrogens with zero attached hydrogens (tertiary/aromatic N) is 2. The number of para-hydroxylation sites is 1. The van der Waals surface area contributed by atoms with E-state index in [4.69, 9.17) is 4.74 Å². The quantitative estimate of drug-likeness (QED) is 0.499. The second-order valence-electron chi connectivity index (χ2n) is 6.60. The molecule has 0 aliphatic carbocycles. The first-order valence-corrected chi connectivity index (χ1v) is 9.46. The molecule has 136 valence electrons. The van der Waals surface area contributed by atoms with Gasteiger partial charge in [0.25, 0.3) is 0 Å². The lowest BCUT2D eigenvalue weighted by atomic mass is 10.1. The Hall–Kier alpha value is -2.62. The van der Waals surface area contributed by atoms with Crippen LogP contribution in [0.2, 0.25) is 0 Å². The summed E-state index contributed by atoms with van der Waals surface area (Å²) in [6.07, 6.45) is 7.56. The predicted molar refractivity (Wildman–Crippen MR) is 108 cm³/mol. The number of anilines is 1. The number of rotatable bonds is 10. The second kappa shape index (κ2) is 9.76. The first-order valence-electron chi connectivity index (χ1n) is 9.46. The van der Waals surface area contributed by atoms with Crippen LogP contribution in [0.4, 0.5) is 5.82 Å². The number of ether oxygens (including phenoxy) is 1. The van der Waals surface area contributed by atoms with Crippen molar-refractivity contribution in [3.8, 4) is 5.75 Å². The minimum atomic E-state index is 0.800. The standard InChI is InChI=1S/C22H27N3O/c1-18-11-13-19(14-12-18)26-16-8-4-2-3-7-15-23-22-20-9-5-6-10-21(20)24-17-25-22/h5-6,9-14,17H,2-4,7-8,15-16H2,1H3,(H,23,24,25). The van der Waals surface area contributed by atoms with Crippen LogP contribution in [0, 0.1) is 6.92 Å². The van der Waals surface area contributed by atoms with Crippen molar-refractivity contribution in [2.24, 2.45) is 0 Å². The normalized spacial score (nSPS) is 10.8. The largest absolute Gasteiger partial charge is 0.494 e. The molecule has 0 spiro atoms. The zero-order valence-electron chi connectivity index (χ0n) is 15.4. The molecule has 0 saturated carbocycles. The van der Waals surface area contributed by atoms with Gasteiger partial charge in [0.15, 0.2) is 0 Å². The van der Waals surface area contributed by atoms with E-state index in [0.717, 1.165) is 48.5 Å². The van der Waals surface area contributed by atoms with Crippen molar-refractivity contribution in [1.29, 1.82) is 0 Å². The van der Waals surface area contributed by atoms with Gasteiger partial charge in [-0.05, 0) is 44.0 Å². The molecule has 0 bridgehead atoms. The highest BCUT2D eigenvalue weighted by Crippen LogP contribution is 2.18. The van der Waals surface area contributed by atoms with Crippen molar-refractivity contribution in [2.45, 2.75) is 39.0 Å². The van der Waals surface area contributed by atoms with Gasteiger partial charge in [0.2, 0.25) is 0 Å². The molecule has 4 heteroatoms. The number of nitrogens with one attached hydrogen (secondary N) is 1. The average molecular weight is 349 g/mol. The molecule has 0 fully saturated rings. The molecule has 2 aromatic carbocycles. The molecule has 0 amide bonds. The first kappa shape index (κ1) is 18.2. The number of aromatic nitrogens is 2. The van der Waals surface area contributed by atoms with Gasteiger partial charge in [-0.2, -0.15) is 0 Å². The highest BCUT2D eigenvalue weighted by atomic mass is 16.5. The summed E-state index contributed by atoms with van der Waals surface area (Å²) >= 11 is 0. The Morgan fingerprint density at radius 3 is 2.50 bits per heavy atom. The van der Waals surface area contributed by atoms with Crippen LogP contribution in [0.3, 0.4) is 0 Å². The Morgan fingerprint density at radius 1 is 0.846 bits per heavy atom. The predicted octanol–water partition coefficient (Wildman–Crippen LogP) is 5.38. The molecule has 3 rings (SSSR count). The fourth-order valence-corrected chi connectivity index (χ4v) is 2.93. The number of aryl methyl sites for hydroxylation is 1. The van der Waals surface area contributed by atoms with Gasteiger partial charge in [-0.25, -0.2) is 9.97 Å². The fraction of sp³-hybridized carbons (Fsp3) is 0.364. The lowest BCUT2D eigenvalue weighted by molar-refractivity contribution is 0.304. The zero-order chi connectivity index (χ0) is 18.0. The molecule has 1 N–H and O–H groups in total. The van der Waals surface area contributed by atoms with Gasteiger partial charge in [0.05, 0.1) is 12.1 Å². The number of fused-ring (bicyclic) bond motifs is 1. The Labute approximate surface area is 155 Å². The van der Waals surface area contributed by atoms with Crippen LogP contribution in [0.5, 0.6) is 5.75 Å². The summed E-state index contributed by atoms with van der Waals surface area (Å²) in [5, 5.41) is 4.53. The summed E-state index contributed by atoms with van der Waals surface area (Å²) < 4.78 is 5.76. The summed E-state index contributed by atoms with van der Waals surface area (Å²) in [5.74, 6) is 1.90. The fourth-order valence-electron chi connectivity index (χ4n) is 2.93. The van der Waals surface area contributed by atoms with Crippen molar-refractivity contribution in [1.82, 2.24) is 9.97 Å². The molecular formula is C22H27N3O. The Bertz CT molecular complexity index is 797. The van der Waals surface area contributed by atoms with E-state index in [9.17, 15) is 0 Å². The molecule has 3 aromatic rings. The molecule has 26 heavy (non-hydrogen) atoms. The van der Waals surface area contributed by atoms with Gasteiger partial charge < -0.3 is 10.1 Å².